The Kier molecular flexibility index (Phi) is 20.9. The van der Waals surface area contributed by atoms with E-state index < -0.39 is 36.4 Å². The lowest BCUT2D eigenvalue weighted by Crippen LogP contribution is -2.33. The molecule has 3 aromatic rings. The molecule has 0 fully saturated rings. The largest absolute Gasteiger partial charge is 0.741 e. The molecule has 3 rings (SSSR count). The van der Waals surface area contributed by atoms with E-state index in [4.69, 9.17) is 18.2 Å². The van der Waals surface area contributed by atoms with Crippen LogP contribution >= 0.6 is 0 Å². The highest BCUT2D eigenvalue weighted by molar-refractivity contribution is 7.86. The van der Waals surface area contributed by atoms with Crippen molar-refractivity contribution in [2.45, 2.75) is 72.2 Å². The van der Waals surface area contributed by atoms with E-state index in [0.29, 0.717) is 15.8 Å². The van der Waals surface area contributed by atoms with Crippen LogP contribution in [0, 0.1) is 18.3 Å². The summed E-state index contributed by atoms with van der Waals surface area (Å²) in [5.41, 5.74) is -3.53. The Morgan fingerprint density at radius 2 is 1.31 bits per heavy atom. The highest BCUT2D eigenvalue weighted by atomic mass is 32.3. The molecule has 1 N–H and O–H groups in total. The zero-order valence-corrected chi connectivity index (χ0v) is 29.7. The van der Waals surface area contributed by atoms with Crippen molar-refractivity contribution in [2.75, 3.05) is 0 Å². The van der Waals surface area contributed by atoms with Gasteiger partial charge in [-0.1, -0.05) is 86.3 Å². The summed E-state index contributed by atoms with van der Waals surface area (Å²) >= 11 is 0. The van der Waals surface area contributed by atoms with Crippen LogP contribution in [-0.4, -0.2) is 55.7 Å². The van der Waals surface area contributed by atoms with Crippen molar-refractivity contribution in [3.05, 3.63) is 90.0 Å². The average Bonchev–Trinajstić information content (AvgIpc) is 3.29. The molecular weight excluding hydrogens is 710 g/mol. The Morgan fingerprint density at radius 1 is 0.917 bits per heavy atom. The lowest BCUT2D eigenvalue weighted by atomic mass is 10.2. The third-order valence-electron chi connectivity index (χ3n) is 5.37. The molecule has 0 atom stereocenters. The number of benzene rings is 2. The number of alkyl halides is 3. The first-order valence-corrected chi connectivity index (χ1v) is 17.7. The summed E-state index contributed by atoms with van der Waals surface area (Å²) in [6.45, 7) is 11.6. The van der Waals surface area contributed by atoms with Crippen LogP contribution in [0.3, 0.4) is 0 Å². The average molecular weight is 750 g/mol. The molecule has 0 aliphatic heterocycles. The van der Waals surface area contributed by atoms with Crippen LogP contribution < -0.4 is 9.88 Å². The molecule has 272 valence electrons. The lowest BCUT2D eigenvalue weighted by Gasteiger charge is -2.21. The SMILES string of the molecule is CC#N.CC(C)N(Cc1ccccc1)S(=O)(=O)F.CC(C)NCc1ccccc1.Cc1n(S(=O)(=O)F)cc[n+]1C.O=S(=O)([O-])C(F)(F)F. The lowest BCUT2D eigenvalue weighted by molar-refractivity contribution is -0.676. The molecule has 0 saturated heterocycles. The Labute approximate surface area is 279 Å². The Hall–Kier alpha value is -3.48. The van der Waals surface area contributed by atoms with Crippen molar-refractivity contribution in [3.63, 3.8) is 0 Å². The minimum Gasteiger partial charge on any atom is -0.741 e. The molecular formula is C28H40F5N5O7S3. The maximum absolute atomic E-state index is 12.9. The van der Waals surface area contributed by atoms with Gasteiger partial charge in [0.2, 0.25) is 0 Å². The molecule has 0 bridgehead atoms. The van der Waals surface area contributed by atoms with Crippen molar-refractivity contribution in [2.24, 2.45) is 7.05 Å². The highest BCUT2D eigenvalue weighted by Gasteiger charge is 2.37. The van der Waals surface area contributed by atoms with Gasteiger partial charge in [-0.05, 0) is 25.0 Å². The monoisotopic (exact) mass is 749 g/mol. The van der Waals surface area contributed by atoms with E-state index in [9.17, 15) is 37.8 Å². The first-order chi connectivity index (χ1) is 21.8. The highest BCUT2D eigenvalue weighted by Crippen LogP contribution is 2.20. The molecule has 0 spiro atoms. The number of nitriles is 1. The molecule has 1 aromatic heterocycles. The molecule has 0 amide bonds. The Bertz CT molecular complexity index is 1710. The zero-order valence-electron chi connectivity index (χ0n) is 27.3. The minimum absolute atomic E-state index is 0.0668. The van der Waals surface area contributed by atoms with Crippen molar-refractivity contribution < 1.29 is 55.3 Å². The quantitative estimate of drug-likeness (QED) is 0.114. The van der Waals surface area contributed by atoms with Gasteiger partial charge in [-0.15, -0.1) is 0 Å². The van der Waals surface area contributed by atoms with Gasteiger partial charge >= 0.3 is 26.3 Å². The van der Waals surface area contributed by atoms with Gasteiger partial charge in [0.1, 0.15) is 12.4 Å². The standard InChI is InChI=1S/C10H14FNO2S.C10H15N.C5H8FN2O2S.C2H3N.CHF3O3S/c1-9(2)12(15(11,13)14)8-10-6-4-3-5-7-10;1-9(2)11-8-10-6-4-3-5-7-10;1-5-7(2)3-4-8(5)11(6,9)10;1-2-3;2-1(3,4)8(5,6)7/h3-7,9H,8H2,1-2H3;3-7,9,11H,8H2,1-2H3;3-4H,1-2H3;1H3;(H,5,6,7)/q;;+1;;/p-1. The van der Waals surface area contributed by atoms with E-state index in [2.05, 4.69) is 43.4 Å². The molecule has 20 heteroatoms. The van der Waals surface area contributed by atoms with Gasteiger partial charge in [-0.3, -0.25) is 0 Å². The van der Waals surface area contributed by atoms with E-state index in [1.807, 2.05) is 12.1 Å². The van der Waals surface area contributed by atoms with Crippen molar-refractivity contribution >= 4 is 30.9 Å². The molecule has 0 unspecified atom stereocenters. The van der Waals surface area contributed by atoms with Crippen LogP contribution in [-0.2, 0) is 51.1 Å². The molecule has 1 heterocycles. The van der Waals surface area contributed by atoms with Crippen LogP contribution in [0.15, 0.2) is 73.1 Å². The molecule has 12 nitrogen and oxygen atoms in total. The van der Waals surface area contributed by atoms with Gasteiger partial charge in [0.05, 0.1) is 13.1 Å². The van der Waals surface area contributed by atoms with Crippen LogP contribution in [0.4, 0.5) is 20.9 Å². The van der Waals surface area contributed by atoms with E-state index >= 15 is 0 Å². The van der Waals surface area contributed by atoms with Crippen LogP contribution in [0.2, 0.25) is 0 Å². The van der Waals surface area contributed by atoms with Crippen molar-refractivity contribution in [1.29, 1.82) is 5.26 Å². The van der Waals surface area contributed by atoms with Gasteiger partial charge in [0, 0.05) is 39.0 Å². The smallest absolute Gasteiger partial charge is 0.485 e. The third-order valence-corrected chi connectivity index (χ3v) is 7.90. The second kappa shape index (κ2) is 21.5. The number of aryl methyl sites for hydroxylation is 1. The van der Waals surface area contributed by atoms with Gasteiger partial charge in [0.25, 0.3) is 5.82 Å². The van der Waals surface area contributed by atoms with Gasteiger partial charge < -0.3 is 9.87 Å². The van der Waals surface area contributed by atoms with Gasteiger partial charge in [-0.25, -0.2) is 13.0 Å². The molecule has 0 aliphatic carbocycles. The fourth-order valence-corrected chi connectivity index (χ4v) is 4.41. The van der Waals surface area contributed by atoms with Crippen molar-refractivity contribution in [1.82, 2.24) is 13.6 Å². The van der Waals surface area contributed by atoms with E-state index in [0.717, 1.165) is 22.6 Å². The zero-order chi connectivity index (χ0) is 37.9. The Morgan fingerprint density at radius 3 is 1.56 bits per heavy atom. The van der Waals surface area contributed by atoms with Gasteiger partial charge in [0.15, 0.2) is 10.1 Å². The fourth-order valence-electron chi connectivity index (χ4n) is 2.95. The topological polar surface area (TPSA) is 173 Å². The van der Waals surface area contributed by atoms with Crippen LogP contribution in [0.1, 0.15) is 51.6 Å². The van der Waals surface area contributed by atoms with Crippen molar-refractivity contribution in [3.8, 4) is 6.07 Å². The molecule has 2 aromatic carbocycles. The maximum atomic E-state index is 12.9. The summed E-state index contributed by atoms with van der Waals surface area (Å²) in [5.74, 6) is 0.326. The summed E-state index contributed by atoms with van der Waals surface area (Å²) in [7, 11) is -13.7. The molecule has 48 heavy (non-hydrogen) atoms. The predicted octanol–water partition coefficient (Wildman–Crippen LogP) is 4.56. The summed E-state index contributed by atoms with van der Waals surface area (Å²) in [6.07, 6.45) is 2.62. The predicted molar refractivity (Wildman–Crippen MR) is 168 cm³/mol. The Balaban J connectivity index is 0. The minimum atomic E-state index is -6.09. The number of hydrogen-bond donors (Lipinski definition) is 1. The summed E-state index contributed by atoms with van der Waals surface area (Å²) in [4.78, 5) is 0. The third kappa shape index (κ3) is 20.7. The maximum Gasteiger partial charge on any atom is 0.485 e. The summed E-state index contributed by atoms with van der Waals surface area (Å²) < 4.78 is 129. The number of nitrogens with zero attached hydrogens (tertiary/aromatic N) is 4. The van der Waals surface area contributed by atoms with E-state index in [1.165, 1.54) is 30.2 Å². The van der Waals surface area contributed by atoms with E-state index in [-0.39, 0.29) is 12.6 Å². The van der Waals surface area contributed by atoms with Gasteiger partial charge in [-0.2, -0.15) is 39.6 Å². The number of aromatic nitrogens is 2. The summed E-state index contributed by atoms with van der Waals surface area (Å²) in [6, 6.07) is 21.3. The first kappa shape index (κ1) is 46.6. The van der Waals surface area contributed by atoms with Crippen LogP contribution in [0.5, 0.6) is 0 Å². The number of halogens is 5. The summed E-state index contributed by atoms with van der Waals surface area (Å²) in [5, 5.41) is 10.7. The number of nitrogens with one attached hydrogen (secondary N) is 1. The number of imidazole rings is 1. The van der Waals surface area contributed by atoms with Crippen LogP contribution in [0.25, 0.3) is 0 Å². The first-order valence-electron chi connectivity index (χ1n) is 13.6. The second-order valence-electron chi connectivity index (χ2n) is 9.91. The normalized spacial score (nSPS) is 11.5. The molecule has 0 saturated carbocycles. The second-order valence-corrected chi connectivity index (χ2v) is 13.8. The molecule has 0 radical (unpaired) electrons. The number of hydrogen-bond acceptors (Lipinski definition) is 9. The van der Waals surface area contributed by atoms with E-state index in [1.54, 1.807) is 51.2 Å². The fraction of sp³-hybridized carbons (Fsp3) is 0.429. The molecule has 0 aliphatic rings. The number of rotatable bonds is 8.